The summed E-state index contributed by atoms with van der Waals surface area (Å²) in [6.45, 7) is 4.08. The summed E-state index contributed by atoms with van der Waals surface area (Å²) in [5, 5.41) is 27.7. The molecule has 48 heavy (non-hydrogen) atoms. The summed E-state index contributed by atoms with van der Waals surface area (Å²) >= 11 is 0. The minimum atomic E-state index is -1.32. The first-order valence-electron chi connectivity index (χ1n) is 17.3. The van der Waals surface area contributed by atoms with Crippen molar-refractivity contribution in [2.75, 3.05) is 33.7 Å². The van der Waals surface area contributed by atoms with Crippen molar-refractivity contribution in [1.29, 1.82) is 0 Å². The lowest BCUT2D eigenvalue weighted by Crippen LogP contribution is -2.57. The van der Waals surface area contributed by atoms with Crippen molar-refractivity contribution >= 4 is 17.7 Å². The first-order chi connectivity index (χ1) is 23.0. The largest absolute Gasteiger partial charge is 0.390 e. The van der Waals surface area contributed by atoms with Gasteiger partial charge in [-0.25, -0.2) is 0 Å². The molecule has 0 spiro atoms. The third kappa shape index (κ3) is 13.7. The molecule has 9 nitrogen and oxygen atoms in total. The van der Waals surface area contributed by atoms with Crippen LogP contribution in [0.5, 0.6) is 0 Å². The number of hydrogen-bond donors (Lipinski definition) is 4. The summed E-state index contributed by atoms with van der Waals surface area (Å²) in [4.78, 5) is 44.9. The van der Waals surface area contributed by atoms with Crippen molar-refractivity contribution in [2.45, 2.75) is 102 Å². The maximum Gasteiger partial charge on any atom is 0.245 e. The Morgan fingerprint density at radius 1 is 0.958 bits per heavy atom. The molecule has 2 rings (SSSR count). The second-order valence-corrected chi connectivity index (χ2v) is 13.1. The zero-order valence-corrected chi connectivity index (χ0v) is 29.1. The number of nitrogens with one attached hydrogen (secondary N) is 2. The highest BCUT2D eigenvalue weighted by atomic mass is 16.3. The van der Waals surface area contributed by atoms with Gasteiger partial charge in [0.05, 0.1) is 24.2 Å². The van der Waals surface area contributed by atoms with Gasteiger partial charge in [0, 0.05) is 33.0 Å². The van der Waals surface area contributed by atoms with Crippen LogP contribution in [0.15, 0.2) is 30.3 Å². The minimum Gasteiger partial charge on any atom is -0.390 e. The average molecular weight is 661 g/mol. The fourth-order valence-electron chi connectivity index (χ4n) is 6.13. The highest BCUT2D eigenvalue weighted by Crippen LogP contribution is 2.29. The number of benzene rings is 1. The molecule has 1 aromatic rings. The normalized spacial score (nSPS) is 16.4. The van der Waals surface area contributed by atoms with Crippen LogP contribution >= 0.6 is 0 Å². The van der Waals surface area contributed by atoms with E-state index in [0.29, 0.717) is 32.4 Å². The molecule has 0 heterocycles. The summed E-state index contributed by atoms with van der Waals surface area (Å²) in [7, 11) is 3.69. The van der Waals surface area contributed by atoms with E-state index in [-0.39, 0.29) is 31.1 Å². The third-order valence-corrected chi connectivity index (χ3v) is 9.44. The number of likely N-dealkylation sites (N-methyl/N-ethyl adjacent to an activating group) is 2. The van der Waals surface area contributed by atoms with Gasteiger partial charge in [-0.3, -0.25) is 14.4 Å². The number of rotatable bonds is 20. The Morgan fingerprint density at radius 3 is 2.23 bits per heavy atom. The fourth-order valence-corrected chi connectivity index (χ4v) is 6.13. The number of hydrogen-bond acceptors (Lipinski definition) is 6. The SMILES string of the molecule is C#CCCCC(O)[C@H](O)C(CC1CCCCC1)NC(=O)[C@@H](NC(=O)C(CC(=O)N(C)CCN(C)CC)Cc1ccccc1)C(C#C)C#C. The molecule has 9 heteroatoms. The number of carbonyl (C=O) groups excluding carboxylic acids is 3. The van der Waals surface area contributed by atoms with Gasteiger partial charge >= 0.3 is 0 Å². The molecule has 5 atom stereocenters. The highest BCUT2D eigenvalue weighted by molar-refractivity contribution is 5.91. The van der Waals surface area contributed by atoms with E-state index in [9.17, 15) is 24.6 Å². The standard InChI is InChI=1S/C39H56N4O5/c1-7-11-14-23-34(44)37(46)33(27-30-21-17-13-18-22-30)40-39(48)36(31(8-2)9-3)41-38(47)32(26-29-19-15-12-16-20-29)28-35(45)43(6)25-24-42(5)10-4/h1-3,12,15-16,19-20,30-34,36-37,44,46H,10-11,13-14,17-18,21-28H2,4-6H3,(H,40,48)(H,41,47)/t32?,33?,34?,36-,37+/m0/s1. The Morgan fingerprint density at radius 2 is 1.62 bits per heavy atom. The molecule has 1 aliphatic carbocycles. The fraction of sp³-hybridized carbons (Fsp3) is 0.615. The van der Waals surface area contributed by atoms with Crippen LogP contribution in [0.2, 0.25) is 0 Å². The second kappa shape index (κ2) is 21.9. The summed E-state index contributed by atoms with van der Waals surface area (Å²) in [6.07, 6.45) is 21.6. The van der Waals surface area contributed by atoms with Gasteiger partial charge in [-0.15, -0.1) is 25.2 Å². The maximum absolute atomic E-state index is 14.0. The van der Waals surface area contributed by atoms with E-state index in [1.807, 2.05) is 44.3 Å². The van der Waals surface area contributed by atoms with Crippen LogP contribution in [0.1, 0.15) is 76.7 Å². The molecule has 1 aliphatic rings. The number of terminal acetylenes is 3. The molecule has 1 aromatic carbocycles. The van der Waals surface area contributed by atoms with Gasteiger partial charge in [0.1, 0.15) is 12.0 Å². The third-order valence-electron chi connectivity index (χ3n) is 9.44. The molecule has 0 aromatic heterocycles. The van der Waals surface area contributed by atoms with Gasteiger partial charge in [-0.2, -0.15) is 0 Å². The number of carbonyl (C=O) groups is 3. The van der Waals surface area contributed by atoms with E-state index in [2.05, 4.69) is 33.3 Å². The lowest BCUT2D eigenvalue weighted by atomic mass is 9.82. The van der Waals surface area contributed by atoms with E-state index < -0.39 is 47.9 Å². The van der Waals surface area contributed by atoms with Crippen LogP contribution in [0.25, 0.3) is 0 Å². The van der Waals surface area contributed by atoms with Gasteiger partial charge in [0.2, 0.25) is 17.7 Å². The van der Waals surface area contributed by atoms with Crippen molar-refractivity contribution in [3.63, 3.8) is 0 Å². The van der Waals surface area contributed by atoms with Crippen molar-refractivity contribution in [3.05, 3.63) is 35.9 Å². The number of unbranched alkanes of at least 4 members (excludes halogenated alkanes) is 1. The highest BCUT2D eigenvalue weighted by Gasteiger charge is 2.36. The molecule has 1 saturated carbocycles. The van der Waals surface area contributed by atoms with Crippen LogP contribution in [0.4, 0.5) is 0 Å². The van der Waals surface area contributed by atoms with Gasteiger partial charge < -0.3 is 30.6 Å². The number of amides is 3. The molecular formula is C39H56N4O5. The molecular weight excluding hydrogens is 604 g/mol. The van der Waals surface area contributed by atoms with E-state index >= 15 is 0 Å². The smallest absolute Gasteiger partial charge is 0.245 e. The van der Waals surface area contributed by atoms with Crippen molar-refractivity contribution in [3.8, 4) is 37.0 Å². The van der Waals surface area contributed by atoms with Gasteiger partial charge in [-0.1, -0.05) is 81.2 Å². The van der Waals surface area contributed by atoms with Crippen LogP contribution in [-0.2, 0) is 20.8 Å². The Balaban J connectivity index is 2.31. The van der Waals surface area contributed by atoms with E-state index in [4.69, 9.17) is 19.3 Å². The zero-order chi connectivity index (χ0) is 35.5. The van der Waals surface area contributed by atoms with Crippen molar-refractivity contribution < 1.29 is 24.6 Å². The number of nitrogens with zero attached hydrogens (tertiary/aromatic N) is 2. The monoisotopic (exact) mass is 660 g/mol. The van der Waals surface area contributed by atoms with E-state index in [0.717, 1.165) is 44.2 Å². The lowest BCUT2D eigenvalue weighted by molar-refractivity contribution is -0.137. The predicted molar refractivity (Wildman–Crippen MR) is 190 cm³/mol. The average Bonchev–Trinajstić information content (AvgIpc) is 3.10. The molecule has 1 fully saturated rings. The van der Waals surface area contributed by atoms with Crippen LogP contribution in [0, 0.1) is 54.8 Å². The molecule has 0 bridgehead atoms. The quantitative estimate of drug-likeness (QED) is 0.126. The lowest BCUT2D eigenvalue weighted by Gasteiger charge is -2.34. The van der Waals surface area contributed by atoms with Gasteiger partial charge in [0.15, 0.2) is 0 Å². The molecule has 0 saturated heterocycles. The summed E-state index contributed by atoms with van der Waals surface area (Å²) < 4.78 is 0. The van der Waals surface area contributed by atoms with Crippen LogP contribution in [-0.4, -0.2) is 95.8 Å². The maximum atomic E-state index is 14.0. The van der Waals surface area contributed by atoms with Gasteiger partial charge in [0.25, 0.3) is 0 Å². The second-order valence-electron chi connectivity index (χ2n) is 13.1. The Labute approximate surface area is 288 Å². The van der Waals surface area contributed by atoms with Crippen molar-refractivity contribution in [1.82, 2.24) is 20.4 Å². The Hall–Kier alpha value is -3.81. The molecule has 4 N–H and O–H groups in total. The molecule has 262 valence electrons. The molecule has 0 radical (unpaired) electrons. The first kappa shape index (κ1) is 40.4. The predicted octanol–water partition coefficient (Wildman–Crippen LogP) is 2.99. The molecule has 3 amide bonds. The summed E-state index contributed by atoms with van der Waals surface area (Å²) in [5.41, 5.74) is 0.861. The molecule has 0 aliphatic heterocycles. The van der Waals surface area contributed by atoms with E-state index in [1.54, 1.807) is 11.9 Å². The topological polar surface area (TPSA) is 122 Å². The van der Waals surface area contributed by atoms with Crippen molar-refractivity contribution in [2.24, 2.45) is 17.8 Å². The van der Waals surface area contributed by atoms with Crippen LogP contribution < -0.4 is 10.6 Å². The van der Waals surface area contributed by atoms with Gasteiger partial charge in [-0.05, 0) is 50.8 Å². The zero-order valence-electron chi connectivity index (χ0n) is 29.1. The minimum absolute atomic E-state index is 0.0783. The number of aliphatic hydroxyl groups excluding tert-OH is 2. The van der Waals surface area contributed by atoms with Crippen LogP contribution in [0.3, 0.4) is 0 Å². The Kier molecular flexibility index (Phi) is 18.5. The van der Waals surface area contributed by atoms with E-state index in [1.165, 1.54) is 0 Å². The molecule has 3 unspecified atom stereocenters. The summed E-state index contributed by atoms with van der Waals surface area (Å²) in [6, 6.07) is 7.24. The Bertz CT molecular complexity index is 1250. The number of aliphatic hydroxyl groups is 2. The summed E-state index contributed by atoms with van der Waals surface area (Å²) in [5.74, 6) is 4.40. The first-order valence-corrected chi connectivity index (χ1v) is 17.3.